The van der Waals surface area contributed by atoms with Gasteiger partial charge in [0.25, 0.3) is 0 Å². The Bertz CT molecular complexity index is 402. The standard InChI is InChI=1S/C13H17FN2O2/c1-9(7-11-3-2-6-18-11)13(17)16-12-5-4-10(14)8-15-12/h4-5,8-9,11H,2-3,6-7H2,1H3,(H,15,16,17). The van der Waals surface area contributed by atoms with Crippen LogP contribution in [0.5, 0.6) is 0 Å². The van der Waals surface area contributed by atoms with Crippen LogP contribution >= 0.6 is 0 Å². The number of carbonyl (C=O) groups is 1. The first kappa shape index (κ1) is 13.0. The number of pyridine rings is 1. The van der Waals surface area contributed by atoms with E-state index in [-0.39, 0.29) is 17.9 Å². The summed E-state index contributed by atoms with van der Waals surface area (Å²) in [6, 6.07) is 2.72. The quantitative estimate of drug-likeness (QED) is 0.895. The first-order valence-corrected chi connectivity index (χ1v) is 6.19. The molecule has 1 aliphatic rings. The number of hydrogen-bond donors (Lipinski definition) is 1. The molecular weight excluding hydrogens is 235 g/mol. The van der Waals surface area contributed by atoms with Gasteiger partial charge in [-0.25, -0.2) is 9.37 Å². The lowest BCUT2D eigenvalue weighted by Crippen LogP contribution is -2.24. The Morgan fingerprint density at radius 3 is 3.11 bits per heavy atom. The lowest BCUT2D eigenvalue weighted by atomic mass is 10.0. The Hall–Kier alpha value is -1.49. The highest BCUT2D eigenvalue weighted by Gasteiger charge is 2.22. The average molecular weight is 252 g/mol. The minimum absolute atomic E-state index is 0.107. The van der Waals surface area contributed by atoms with Crippen LogP contribution in [-0.4, -0.2) is 23.6 Å². The van der Waals surface area contributed by atoms with Crippen LogP contribution in [-0.2, 0) is 9.53 Å². The van der Waals surface area contributed by atoms with Gasteiger partial charge >= 0.3 is 0 Å². The number of hydrogen-bond acceptors (Lipinski definition) is 3. The summed E-state index contributed by atoms with van der Waals surface area (Å²) in [6.07, 6.45) is 4.07. The number of amides is 1. The molecule has 2 unspecified atom stereocenters. The van der Waals surface area contributed by atoms with Gasteiger partial charge in [-0.3, -0.25) is 4.79 Å². The van der Waals surface area contributed by atoms with Crippen LogP contribution in [0.3, 0.4) is 0 Å². The Kier molecular flexibility index (Phi) is 4.25. The van der Waals surface area contributed by atoms with Gasteiger partial charge in [0.05, 0.1) is 12.3 Å². The molecule has 0 aromatic carbocycles. The van der Waals surface area contributed by atoms with Crippen LogP contribution in [0.15, 0.2) is 18.3 Å². The largest absolute Gasteiger partial charge is 0.378 e. The van der Waals surface area contributed by atoms with E-state index in [1.807, 2.05) is 6.92 Å². The SMILES string of the molecule is CC(CC1CCCO1)C(=O)Nc1ccc(F)cn1. The van der Waals surface area contributed by atoms with Crippen molar-refractivity contribution in [2.45, 2.75) is 32.3 Å². The fourth-order valence-corrected chi connectivity index (χ4v) is 2.03. The molecule has 0 saturated carbocycles. The summed E-state index contributed by atoms with van der Waals surface area (Å²) < 4.78 is 18.2. The molecule has 1 fully saturated rings. The number of nitrogens with zero attached hydrogens (tertiary/aromatic N) is 1. The van der Waals surface area contributed by atoms with Gasteiger partial charge in [0.15, 0.2) is 0 Å². The highest BCUT2D eigenvalue weighted by atomic mass is 19.1. The molecule has 0 spiro atoms. The number of halogens is 1. The summed E-state index contributed by atoms with van der Waals surface area (Å²) in [7, 11) is 0. The van der Waals surface area contributed by atoms with Crippen LogP contribution < -0.4 is 5.32 Å². The number of carbonyl (C=O) groups excluding carboxylic acids is 1. The second-order valence-corrected chi connectivity index (χ2v) is 4.62. The van der Waals surface area contributed by atoms with Crippen molar-refractivity contribution in [3.8, 4) is 0 Å². The molecule has 1 aromatic rings. The predicted molar refractivity (Wildman–Crippen MR) is 65.6 cm³/mol. The number of ether oxygens (including phenoxy) is 1. The molecule has 98 valence electrons. The number of anilines is 1. The normalized spacial score (nSPS) is 20.7. The molecule has 18 heavy (non-hydrogen) atoms. The summed E-state index contributed by atoms with van der Waals surface area (Å²) in [5.74, 6) is -0.287. The molecule has 0 radical (unpaired) electrons. The Balaban J connectivity index is 1.84. The van der Waals surface area contributed by atoms with Crippen molar-refractivity contribution in [2.24, 2.45) is 5.92 Å². The van der Waals surface area contributed by atoms with E-state index in [0.717, 1.165) is 25.6 Å². The van der Waals surface area contributed by atoms with Crippen LogP contribution in [0.25, 0.3) is 0 Å². The van der Waals surface area contributed by atoms with Gasteiger partial charge < -0.3 is 10.1 Å². The molecule has 5 heteroatoms. The van der Waals surface area contributed by atoms with E-state index in [1.54, 1.807) is 0 Å². The van der Waals surface area contributed by atoms with E-state index in [1.165, 1.54) is 12.1 Å². The minimum Gasteiger partial charge on any atom is -0.378 e. The lowest BCUT2D eigenvalue weighted by Gasteiger charge is -2.15. The Morgan fingerprint density at radius 2 is 2.50 bits per heavy atom. The Morgan fingerprint density at radius 1 is 1.67 bits per heavy atom. The maximum Gasteiger partial charge on any atom is 0.228 e. The molecule has 1 N–H and O–H groups in total. The topological polar surface area (TPSA) is 51.2 Å². The molecule has 1 aromatic heterocycles. The van der Waals surface area contributed by atoms with E-state index in [2.05, 4.69) is 10.3 Å². The van der Waals surface area contributed by atoms with Crippen LogP contribution in [0.1, 0.15) is 26.2 Å². The zero-order valence-corrected chi connectivity index (χ0v) is 10.4. The molecule has 2 rings (SSSR count). The third-order valence-electron chi connectivity index (χ3n) is 3.07. The predicted octanol–water partition coefficient (Wildman–Crippen LogP) is 2.36. The Labute approximate surface area is 106 Å². The van der Waals surface area contributed by atoms with E-state index < -0.39 is 5.82 Å². The molecule has 1 saturated heterocycles. The first-order chi connectivity index (χ1) is 8.65. The molecule has 0 aliphatic carbocycles. The highest BCUT2D eigenvalue weighted by molar-refractivity contribution is 5.91. The number of rotatable bonds is 4. The fourth-order valence-electron chi connectivity index (χ4n) is 2.03. The zero-order chi connectivity index (χ0) is 13.0. The van der Waals surface area contributed by atoms with Gasteiger partial charge in [-0.2, -0.15) is 0 Å². The summed E-state index contributed by atoms with van der Waals surface area (Å²) in [5.41, 5.74) is 0. The second kappa shape index (κ2) is 5.91. The van der Waals surface area contributed by atoms with E-state index in [0.29, 0.717) is 12.2 Å². The van der Waals surface area contributed by atoms with Crippen molar-refractivity contribution in [3.05, 3.63) is 24.1 Å². The fraction of sp³-hybridized carbons (Fsp3) is 0.538. The molecule has 2 atom stereocenters. The van der Waals surface area contributed by atoms with Crippen molar-refractivity contribution in [2.75, 3.05) is 11.9 Å². The number of nitrogens with one attached hydrogen (secondary N) is 1. The second-order valence-electron chi connectivity index (χ2n) is 4.62. The van der Waals surface area contributed by atoms with E-state index >= 15 is 0 Å². The lowest BCUT2D eigenvalue weighted by molar-refractivity contribution is -0.120. The number of aromatic nitrogens is 1. The van der Waals surface area contributed by atoms with E-state index in [9.17, 15) is 9.18 Å². The van der Waals surface area contributed by atoms with Crippen molar-refractivity contribution in [1.82, 2.24) is 4.98 Å². The molecule has 4 nitrogen and oxygen atoms in total. The molecule has 1 amide bonds. The zero-order valence-electron chi connectivity index (χ0n) is 10.4. The summed E-state index contributed by atoms with van der Waals surface area (Å²) in [5, 5.41) is 2.67. The van der Waals surface area contributed by atoms with Gasteiger partial charge in [0.2, 0.25) is 5.91 Å². The third-order valence-corrected chi connectivity index (χ3v) is 3.07. The molecule has 0 bridgehead atoms. The molecular formula is C13H17FN2O2. The maximum atomic E-state index is 12.7. The smallest absolute Gasteiger partial charge is 0.228 e. The molecule has 2 heterocycles. The van der Waals surface area contributed by atoms with Crippen molar-refractivity contribution in [3.63, 3.8) is 0 Å². The van der Waals surface area contributed by atoms with Gasteiger partial charge in [-0.1, -0.05) is 6.92 Å². The summed E-state index contributed by atoms with van der Waals surface area (Å²) in [4.78, 5) is 15.7. The van der Waals surface area contributed by atoms with Crippen LogP contribution in [0.4, 0.5) is 10.2 Å². The van der Waals surface area contributed by atoms with Gasteiger partial charge in [-0.15, -0.1) is 0 Å². The summed E-state index contributed by atoms with van der Waals surface area (Å²) >= 11 is 0. The monoisotopic (exact) mass is 252 g/mol. The van der Waals surface area contributed by atoms with Gasteiger partial charge in [-0.05, 0) is 31.4 Å². The van der Waals surface area contributed by atoms with Crippen LogP contribution in [0, 0.1) is 11.7 Å². The first-order valence-electron chi connectivity index (χ1n) is 6.19. The highest BCUT2D eigenvalue weighted by Crippen LogP contribution is 2.20. The minimum atomic E-state index is -0.416. The third kappa shape index (κ3) is 3.50. The summed E-state index contributed by atoms with van der Waals surface area (Å²) in [6.45, 7) is 2.65. The van der Waals surface area contributed by atoms with Crippen molar-refractivity contribution in [1.29, 1.82) is 0 Å². The average Bonchev–Trinajstić information content (AvgIpc) is 2.85. The van der Waals surface area contributed by atoms with Crippen molar-refractivity contribution < 1.29 is 13.9 Å². The van der Waals surface area contributed by atoms with Gasteiger partial charge in [0, 0.05) is 12.5 Å². The maximum absolute atomic E-state index is 12.7. The van der Waals surface area contributed by atoms with Gasteiger partial charge in [0.1, 0.15) is 11.6 Å². The van der Waals surface area contributed by atoms with Crippen molar-refractivity contribution >= 4 is 11.7 Å². The molecule has 1 aliphatic heterocycles. The van der Waals surface area contributed by atoms with E-state index in [4.69, 9.17) is 4.74 Å². The van der Waals surface area contributed by atoms with Crippen LogP contribution in [0.2, 0.25) is 0 Å².